The minimum absolute atomic E-state index is 0. The molecule has 1 aromatic carbocycles. The molecular weight excluding hydrogens is 375 g/mol. The molecule has 1 atom stereocenters. The standard InChI is InChI=1S/C19H24N2O4S.Na.H/c1-11(21(6)18(24)25-19(3,4)5)16-20-15(12(2)26-16)13-7-9-14(10-8-13)17(22)23;;/h7-11H,1-6H3,(H,22,23);;/t11-;;/m0../s1. The summed E-state index contributed by atoms with van der Waals surface area (Å²) >= 11 is 1.51. The Balaban J connectivity index is 0.00000364. The maximum atomic E-state index is 12.3. The molecular formula is C19H25N2NaO4S. The predicted molar refractivity (Wildman–Crippen MR) is 109 cm³/mol. The summed E-state index contributed by atoms with van der Waals surface area (Å²) in [6.45, 7) is 9.35. The van der Waals surface area contributed by atoms with Gasteiger partial charge in [0.15, 0.2) is 0 Å². The molecule has 0 fully saturated rings. The molecule has 1 aromatic heterocycles. The summed E-state index contributed by atoms with van der Waals surface area (Å²) in [6.07, 6.45) is -0.398. The zero-order valence-electron chi connectivity index (χ0n) is 15.9. The Morgan fingerprint density at radius 2 is 1.78 bits per heavy atom. The number of amides is 1. The van der Waals surface area contributed by atoms with Crippen LogP contribution in [-0.4, -0.2) is 69.3 Å². The van der Waals surface area contributed by atoms with E-state index in [2.05, 4.69) is 4.98 Å². The number of hydrogen-bond acceptors (Lipinski definition) is 5. The summed E-state index contributed by atoms with van der Waals surface area (Å²) in [5, 5.41) is 9.81. The van der Waals surface area contributed by atoms with Gasteiger partial charge in [0.05, 0.1) is 17.3 Å². The number of ether oxygens (including phenoxy) is 1. The van der Waals surface area contributed by atoms with Crippen LogP contribution in [0.3, 0.4) is 0 Å². The van der Waals surface area contributed by atoms with Gasteiger partial charge in [-0.25, -0.2) is 14.6 Å². The second-order valence-electron chi connectivity index (χ2n) is 7.11. The Bertz CT molecular complexity index is 812. The third kappa shape index (κ3) is 6.04. The summed E-state index contributed by atoms with van der Waals surface area (Å²) in [7, 11) is 1.69. The van der Waals surface area contributed by atoms with Gasteiger partial charge in [-0.2, -0.15) is 0 Å². The van der Waals surface area contributed by atoms with Gasteiger partial charge < -0.3 is 14.7 Å². The predicted octanol–water partition coefficient (Wildman–Crippen LogP) is 4.10. The molecule has 0 saturated carbocycles. The van der Waals surface area contributed by atoms with Crippen LogP contribution in [0.1, 0.15) is 54.0 Å². The first-order valence-electron chi connectivity index (χ1n) is 8.26. The quantitative estimate of drug-likeness (QED) is 0.782. The summed E-state index contributed by atoms with van der Waals surface area (Å²) in [6, 6.07) is 6.38. The van der Waals surface area contributed by atoms with E-state index in [0.717, 1.165) is 21.1 Å². The first kappa shape index (κ1) is 23.6. The summed E-state index contributed by atoms with van der Waals surface area (Å²) in [5.74, 6) is -0.958. The van der Waals surface area contributed by atoms with Crippen LogP contribution in [-0.2, 0) is 4.74 Å². The van der Waals surface area contributed by atoms with E-state index in [4.69, 9.17) is 9.84 Å². The first-order chi connectivity index (χ1) is 12.0. The average molecular weight is 400 g/mol. The Hall–Kier alpha value is -1.41. The fraction of sp³-hybridized carbons (Fsp3) is 0.421. The molecule has 0 aliphatic rings. The fourth-order valence-corrected chi connectivity index (χ4v) is 3.33. The van der Waals surface area contributed by atoms with Gasteiger partial charge in [-0.15, -0.1) is 11.3 Å². The number of nitrogens with zero attached hydrogens (tertiary/aromatic N) is 2. The van der Waals surface area contributed by atoms with Gasteiger partial charge in [0.1, 0.15) is 10.6 Å². The fourth-order valence-electron chi connectivity index (χ4n) is 2.29. The minimum atomic E-state index is -0.958. The molecule has 2 rings (SSSR count). The molecule has 2 aromatic rings. The van der Waals surface area contributed by atoms with Crippen molar-refractivity contribution in [3.05, 3.63) is 39.7 Å². The van der Waals surface area contributed by atoms with Crippen molar-refractivity contribution in [1.29, 1.82) is 0 Å². The van der Waals surface area contributed by atoms with Gasteiger partial charge >= 0.3 is 41.6 Å². The molecule has 1 amide bonds. The molecule has 8 heteroatoms. The van der Waals surface area contributed by atoms with Crippen molar-refractivity contribution < 1.29 is 19.4 Å². The van der Waals surface area contributed by atoms with Gasteiger partial charge in [-0.3, -0.25) is 0 Å². The number of hydrogen-bond donors (Lipinski definition) is 1. The van der Waals surface area contributed by atoms with E-state index in [-0.39, 0.29) is 41.2 Å². The van der Waals surface area contributed by atoms with Crippen molar-refractivity contribution >= 4 is 53.0 Å². The number of aromatic carboxylic acids is 1. The molecule has 0 spiro atoms. The molecule has 1 N–H and O–H groups in total. The van der Waals surface area contributed by atoms with Crippen LogP contribution in [0, 0.1) is 6.92 Å². The van der Waals surface area contributed by atoms with Crippen molar-refractivity contribution in [1.82, 2.24) is 9.88 Å². The molecule has 0 unspecified atom stereocenters. The van der Waals surface area contributed by atoms with Gasteiger partial charge in [0.2, 0.25) is 0 Å². The average Bonchev–Trinajstić information content (AvgIpc) is 2.93. The third-order valence-electron chi connectivity index (χ3n) is 3.84. The van der Waals surface area contributed by atoms with E-state index in [1.165, 1.54) is 16.2 Å². The number of carbonyl (C=O) groups excluding carboxylic acids is 1. The Morgan fingerprint density at radius 3 is 2.26 bits per heavy atom. The van der Waals surface area contributed by atoms with Crippen LogP contribution in [0.4, 0.5) is 4.79 Å². The number of aromatic nitrogens is 1. The normalized spacial score (nSPS) is 12.1. The summed E-state index contributed by atoms with van der Waals surface area (Å²) in [4.78, 5) is 30.5. The molecule has 0 aliphatic carbocycles. The van der Waals surface area contributed by atoms with Crippen LogP contribution in [0.2, 0.25) is 0 Å². The Labute approximate surface area is 185 Å². The number of rotatable bonds is 4. The van der Waals surface area contributed by atoms with Crippen molar-refractivity contribution in [3.8, 4) is 11.3 Å². The van der Waals surface area contributed by atoms with Gasteiger partial charge in [-0.1, -0.05) is 12.1 Å². The van der Waals surface area contributed by atoms with E-state index in [1.807, 2.05) is 34.6 Å². The number of aryl methyl sites for hydroxylation is 1. The van der Waals surface area contributed by atoms with E-state index < -0.39 is 17.7 Å². The zero-order chi connectivity index (χ0) is 19.6. The van der Waals surface area contributed by atoms with Crippen molar-refractivity contribution in [2.45, 2.75) is 46.3 Å². The third-order valence-corrected chi connectivity index (χ3v) is 4.98. The second-order valence-corrected chi connectivity index (χ2v) is 8.34. The van der Waals surface area contributed by atoms with Gasteiger partial charge in [-0.05, 0) is 46.8 Å². The molecule has 0 radical (unpaired) electrons. The van der Waals surface area contributed by atoms with E-state index in [1.54, 1.807) is 31.3 Å². The number of thiazole rings is 1. The van der Waals surface area contributed by atoms with Gasteiger partial charge in [0.25, 0.3) is 0 Å². The first-order valence-corrected chi connectivity index (χ1v) is 9.08. The van der Waals surface area contributed by atoms with Crippen molar-refractivity contribution in [2.75, 3.05) is 7.05 Å². The van der Waals surface area contributed by atoms with Crippen LogP contribution >= 0.6 is 11.3 Å². The van der Waals surface area contributed by atoms with Crippen molar-refractivity contribution in [2.24, 2.45) is 0 Å². The topological polar surface area (TPSA) is 79.7 Å². The summed E-state index contributed by atoms with van der Waals surface area (Å²) < 4.78 is 5.41. The zero-order valence-corrected chi connectivity index (χ0v) is 16.7. The second kappa shape index (κ2) is 9.19. The van der Waals surface area contributed by atoms with E-state index in [0.29, 0.717) is 0 Å². The monoisotopic (exact) mass is 400 g/mol. The maximum absolute atomic E-state index is 12.3. The SMILES string of the molecule is Cc1sc([C@H](C)N(C)C(=O)OC(C)(C)C)nc1-c1ccc(C(=O)O)cc1.[NaH]. The van der Waals surface area contributed by atoms with Gasteiger partial charge in [0, 0.05) is 17.5 Å². The molecule has 0 saturated heterocycles. The van der Waals surface area contributed by atoms with Crippen LogP contribution in [0.25, 0.3) is 11.3 Å². The van der Waals surface area contributed by atoms with Crippen LogP contribution < -0.4 is 0 Å². The Kier molecular flexibility index (Phi) is 8.04. The number of carboxylic acids is 1. The van der Waals surface area contributed by atoms with E-state index >= 15 is 0 Å². The van der Waals surface area contributed by atoms with Crippen LogP contribution in [0.5, 0.6) is 0 Å². The van der Waals surface area contributed by atoms with Crippen molar-refractivity contribution in [3.63, 3.8) is 0 Å². The number of carbonyl (C=O) groups is 2. The van der Waals surface area contributed by atoms with E-state index in [9.17, 15) is 9.59 Å². The molecule has 0 aliphatic heterocycles. The number of benzene rings is 1. The molecule has 6 nitrogen and oxygen atoms in total. The molecule has 142 valence electrons. The number of carboxylic acid groups (broad SMARTS) is 1. The van der Waals surface area contributed by atoms with Crippen LogP contribution in [0.15, 0.2) is 24.3 Å². The molecule has 1 heterocycles. The molecule has 0 bridgehead atoms. The Morgan fingerprint density at radius 1 is 1.22 bits per heavy atom. The molecule has 27 heavy (non-hydrogen) atoms. The summed E-state index contributed by atoms with van der Waals surface area (Å²) in [5.41, 5.74) is 1.33.